The first-order valence-corrected chi connectivity index (χ1v) is 8.92. The molecule has 7 nitrogen and oxygen atoms in total. The van der Waals surface area contributed by atoms with Crippen LogP contribution >= 0.6 is 0 Å². The molecule has 0 bridgehead atoms. The van der Waals surface area contributed by atoms with Crippen molar-refractivity contribution in [3.05, 3.63) is 47.9 Å². The molecule has 2 aliphatic rings. The van der Waals surface area contributed by atoms with Crippen LogP contribution in [-0.4, -0.2) is 64.8 Å². The lowest BCUT2D eigenvalue weighted by Gasteiger charge is -2.32. The first kappa shape index (κ1) is 16.5. The summed E-state index contributed by atoms with van der Waals surface area (Å²) in [7, 11) is 0. The van der Waals surface area contributed by atoms with Crippen LogP contribution in [0.15, 0.2) is 36.7 Å². The van der Waals surface area contributed by atoms with Crippen LogP contribution in [0.1, 0.15) is 22.5 Å². The number of nitrogens with zero attached hydrogens (tertiary/aromatic N) is 5. The van der Waals surface area contributed by atoms with E-state index in [1.165, 1.54) is 5.56 Å². The Labute approximate surface area is 152 Å². The number of anilines is 2. The standard InChI is InChI=1S/C19H21N5O2/c25-14-22-8-10-23(11-9-22)19(26)16-12-21-18(13-20-16)24-7-3-5-15-4-1-2-6-17(15)24/h1-2,4,6,12-14H,3,5,7-11H2. The second-order valence-electron chi connectivity index (χ2n) is 6.58. The highest BCUT2D eigenvalue weighted by atomic mass is 16.2. The van der Waals surface area contributed by atoms with E-state index in [4.69, 9.17) is 0 Å². The third-order valence-electron chi connectivity index (χ3n) is 4.99. The van der Waals surface area contributed by atoms with Gasteiger partial charge in [-0.2, -0.15) is 0 Å². The van der Waals surface area contributed by atoms with E-state index in [9.17, 15) is 9.59 Å². The Kier molecular flexibility index (Phi) is 4.51. The summed E-state index contributed by atoms with van der Waals surface area (Å²) < 4.78 is 0. The van der Waals surface area contributed by atoms with Crippen molar-refractivity contribution in [3.63, 3.8) is 0 Å². The predicted molar refractivity (Wildman–Crippen MR) is 97.3 cm³/mol. The van der Waals surface area contributed by atoms with Gasteiger partial charge in [-0.1, -0.05) is 18.2 Å². The summed E-state index contributed by atoms with van der Waals surface area (Å²) >= 11 is 0. The Morgan fingerprint density at radius 2 is 1.81 bits per heavy atom. The molecule has 1 aromatic heterocycles. The van der Waals surface area contributed by atoms with Crippen LogP contribution in [0.2, 0.25) is 0 Å². The normalized spacial score (nSPS) is 17.0. The highest BCUT2D eigenvalue weighted by Gasteiger charge is 2.23. The van der Waals surface area contributed by atoms with Gasteiger partial charge in [-0.3, -0.25) is 9.59 Å². The van der Waals surface area contributed by atoms with E-state index in [0.717, 1.165) is 37.3 Å². The number of aryl methyl sites for hydroxylation is 1. The van der Waals surface area contributed by atoms with Crippen LogP contribution in [-0.2, 0) is 11.2 Å². The molecule has 2 aromatic rings. The van der Waals surface area contributed by atoms with Crippen LogP contribution < -0.4 is 4.90 Å². The van der Waals surface area contributed by atoms with Crippen molar-refractivity contribution in [2.45, 2.75) is 12.8 Å². The lowest BCUT2D eigenvalue weighted by molar-refractivity contribution is -0.119. The molecular weight excluding hydrogens is 330 g/mol. The van der Waals surface area contributed by atoms with Crippen LogP contribution in [0.25, 0.3) is 0 Å². The number of fused-ring (bicyclic) bond motifs is 1. The average molecular weight is 351 g/mol. The molecule has 0 N–H and O–H groups in total. The highest BCUT2D eigenvalue weighted by Crippen LogP contribution is 2.31. The minimum Gasteiger partial charge on any atom is -0.342 e. The number of carbonyl (C=O) groups is 2. The lowest BCUT2D eigenvalue weighted by Crippen LogP contribution is -2.48. The molecule has 0 spiro atoms. The molecule has 2 amide bonds. The molecule has 0 radical (unpaired) electrons. The third kappa shape index (κ3) is 3.12. The molecule has 1 aromatic carbocycles. The zero-order valence-electron chi connectivity index (χ0n) is 14.5. The quantitative estimate of drug-likeness (QED) is 0.784. The number of para-hydroxylation sites is 1. The van der Waals surface area contributed by atoms with Gasteiger partial charge in [0.25, 0.3) is 5.91 Å². The van der Waals surface area contributed by atoms with Crippen LogP contribution in [0.3, 0.4) is 0 Å². The maximum absolute atomic E-state index is 12.6. The summed E-state index contributed by atoms with van der Waals surface area (Å²) in [4.78, 5) is 37.8. The largest absolute Gasteiger partial charge is 0.342 e. The maximum Gasteiger partial charge on any atom is 0.274 e. The number of piperazine rings is 1. The molecule has 4 rings (SSSR count). The van der Waals surface area contributed by atoms with Gasteiger partial charge in [-0.25, -0.2) is 9.97 Å². The molecule has 134 valence electrons. The molecule has 0 saturated carbocycles. The van der Waals surface area contributed by atoms with Crippen LogP contribution in [0, 0.1) is 0 Å². The van der Waals surface area contributed by atoms with Crippen LogP contribution in [0.5, 0.6) is 0 Å². The monoisotopic (exact) mass is 351 g/mol. The smallest absolute Gasteiger partial charge is 0.274 e. The zero-order chi connectivity index (χ0) is 17.9. The van der Waals surface area contributed by atoms with Crippen molar-refractivity contribution in [2.75, 3.05) is 37.6 Å². The zero-order valence-corrected chi connectivity index (χ0v) is 14.5. The third-order valence-corrected chi connectivity index (χ3v) is 4.99. The van der Waals surface area contributed by atoms with Crippen molar-refractivity contribution in [3.8, 4) is 0 Å². The van der Waals surface area contributed by atoms with E-state index in [2.05, 4.69) is 33.1 Å². The number of carbonyl (C=O) groups excluding carboxylic acids is 2. The van der Waals surface area contributed by atoms with E-state index < -0.39 is 0 Å². The molecule has 1 saturated heterocycles. The van der Waals surface area contributed by atoms with Gasteiger partial charge < -0.3 is 14.7 Å². The van der Waals surface area contributed by atoms with E-state index in [-0.39, 0.29) is 5.91 Å². The van der Waals surface area contributed by atoms with Crippen molar-refractivity contribution >= 4 is 23.8 Å². The fraction of sp³-hybridized carbons (Fsp3) is 0.368. The molecule has 1 fully saturated rings. The first-order chi connectivity index (χ1) is 12.8. The van der Waals surface area contributed by atoms with Gasteiger partial charge in [0, 0.05) is 38.4 Å². The summed E-state index contributed by atoms with van der Waals surface area (Å²) in [6, 6.07) is 8.33. The minimum absolute atomic E-state index is 0.131. The Balaban J connectivity index is 1.49. The molecule has 0 aliphatic carbocycles. The average Bonchev–Trinajstić information content (AvgIpc) is 2.73. The Morgan fingerprint density at radius 1 is 1.00 bits per heavy atom. The second kappa shape index (κ2) is 7.11. The van der Waals surface area contributed by atoms with Crippen molar-refractivity contribution in [2.24, 2.45) is 0 Å². The molecule has 26 heavy (non-hydrogen) atoms. The van der Waals surface area contributed by atoms with Crippen LogP contribution in [0.4, 0.5) is 11.5 Å². The van der Waals surface area contributed by atoms with Crippen molar-refractivity contribution in [1.29, 1.82) is 0 Å². The Bertz CT molecular complexity index is 800. The summed E-state index contributed by atoms with van der Waals surface area (Å²) in [5.74, 6) is 0.633. The number of amides is 2. The van der Waals surface area contributed by atoms with E-state index >= 15 is 0 Å². The van der Waals surface area contributed by atoms with Gasteiger partial charge in [-0.05, 0) is 24.5 Å². The fourth-order valence-electron chi connectivity index (χ4n) is 3.54. The molecule has 3 heterocycles. The molecule has 2 aliphatic heterocycles. The number of hydrogen-bond acceptors (Lipinski definition) is 5. The van der Waals surface area contributed by atoms with E-state index in [0.29, 0.717) is 31.9 Å². The maximum atomic E-state index is 12.6. The topological polar surface area (TPSA) is 69.6 Å². The minimum atomic E-state index is -0.131. The summed E-state index contributed by atoms with van der Waals surface area (Å²) in [6.07, 6.45) is 6.20. The van der Waals surface area contributed by atoms with Gasteiger partial charge in [-0.15, -0.1) is 0 Å². The number of hydrogen-bond donors (Lipinski definition) is 0. The Hall–Kier alpha value is -2.96. The van der Waals surface area contributed by atoms with E-state index in [1.54, 1.807) is 22.2 Å². The summed E-state index contributed by atoms with van der Waals surface area (Å²) in [5.41, 5.74) is 2.82. The Morgan fingerprint density at radius 3 is 2.54 bits per heavy atom. The van der Waals surface area contributed by atoms with E-state index in [1.807, 2.05) is 6.07 Å². The van der Waals surface area contributed by atoms with Crippen molar-refractivity contribution < 1.29 is 9.59 Å². The van der Waals surface area contributed by atoms with Gasteiger partial charge in [0.2, 0.25) is 6.41 Å². The number of benzene rings is 1. The number of aromatic nitrogens is 2. The lowest BCUT2D eigenvalue weighted by atomic mass is 10.0. The van der Waals surface area contributed by atoms with Gasteiger partial charge >= 0.3 is 0 Å². The van der Waals surface area contributed by atoms with Gasteiger partial charge in [0.05, 0.1) is 12.4 Å². The molecule has 0 unspecified atom stereocenters. The van der Waals surface area contributed by atoms with Crippen molar-refractivity contribution in [1.82, 2.24) is 19.8 Å². The van der Waals surface area contributed by atoms with Gasteiger partial charge in [0.1, 0.15) is 5.69 Å². The summed E-state index contributed by atoms with van der Waals surface area (Å²) in [6.45, 7) is 3.07. The first-order valence-electron chi connectivity index (χ1n) is 8.92. The van der Waals surface area contributed by atoms with Gasteiger partial charge in [0.15, 0.2) is 5.82 Å². The highest BCUT2D eigenvalue weighted by molar-refractivity contribution is 5.92. The predicted octanol–water partition coefficient (Wildman–Crippen LogP) is 1.48. The fourth-order valence-corrected chi connectivity index (χ4v) is 3.54. The second-order valence-corrected chi connectivity index (χ2v) is 6.58. The molecule has 7 heteroatoms. The SMILES string of the molecule is O=CN1CCN(C(=O)c2cnc(N3CCCc4ccccc43)cn2)CC1. The molecule has 0 atom stereocenters. The molecular formula is C19H21N5O2. The number of rotatable bonds is 3. The summed E-state index contributed by atoms with van der Waals surface area (Å²) in [5, 5.41) is 0.